The molecule has 0 radical (unpaired) electrons. The van der Waals surface area contributed by atoms with Gasteiger partial charge >= 0.3 is 5.97 Å². The van der Waals surface area contributed by atoms with Crippen molar-refractivity contribution in [1.82, 2.24) is 0 Å². The molecule has 0 saturated heterocycles. The summed E-state index contributed by atoms with van der Waals surface area (Å²) in [6, 6.07) is 6.13. The molecule has 0 N–H and O–H groups in total. The van der Waals surface area contributed by atoms with Crippen LogP contribution in [-0.2, 0) is 9.53 Å². The van der Waals surface area contributed by atoms with Gasteiger partial charge in [0.05, 0.1) is 10.8 Å². The highest BCUT2D eigenvalue weighted by molar-refractivity contribution is 5.78. The Balaban J connectivity index is 3.00. The molecule has 0 aliphatic rings. The van der Waals surface area contributed by atoms with E-state index in [-0.39, 0.29) is 11.7 Å². The number of esters is 1. The average molecular weight is 265 g/mol. The number of carbonyl (C=O) groups is 1. The lowest BCUT2D eigenvalue weighted by atomic mass is 9.96. The highest BCUT2D eigenvalue weighted by atomic mass is 16.6. The number of non-ortho nitro benzene ring substituents is 1. The number of carbonyl (C=O) groups excluding carboxylic acids is 1. The maximum absolute atomic E-state index is 12.1. The van der Waals surface area contributed by atoms with Gasteiger partial charge in [-0.15, -0.1) is 0 Å². The first kappa shape index (κ1) is 15.1. The van der Waals surface area contributed by atoms with Crippen LogP contribution >= 0.6 is 0 Å². The molecule has 0 aliphatic heterocycles. The molecule has 1 rings (SSSR count). The Labute approximate surface area is 112 Å². The number of rotatable bonds is 4. The minimum atomic E-state index is -0.564. The fourth-order valence-electron chi connectivity index (χ4n) is 1.77. The lowest BCUT2D eigenvalue weighted by Crippen LogP contribution is -2.27. The molecule has 19 heavy (non-hydrogen) atoms. The third-order valence-electron chi connectivity index (χ3n) is 2.58. The molecule has 5 heteroatoms. The number of ether oxygens (including phenoxy) is 1. The van der Waals surface area contributed by atoms with Crippen LogP contribution in [0.5, 0.6) is 0 Å². The summed E-state index contributed by atoms with van der Waals surface area (Å²) in [6.07, 6.45) is 0.538. The Bertz CT molecular complexity index is 477. The van der Waals surface area contributed by atoms with Gasteiger partial charge in [-0.3, -0.25) is 14.9 Å². The van der Waals surface area contributed by atoms with Gasteiger partial charge in [-0.2, -0.15) is 0 Å². The first-order chi connectivity index (χ1) is 8.74. The average Bonchev–Trinajstić information content (AvgIpc) is 2.27. The minimum Gasteiger partial charge on any atom is -0.459 e. The largest absolute Gasteiger partial charge is 0.459 e. The summed E-state index contributed by atoms with van der Waals surface area (Å²) in [6.45, 7) is 7.24. The highest BCUT2D eigenvalue weighted by Gasteiger charge is 2.26. The van der Waals surface area contributed by atoms with Crippen LogP contribution in [0.15, 0.2) is 24.3 Å². The zero-order valence-electron chi connectivity index (χ0n) is 11.7. The first-order valence-corrected chi connectivity index (χ1v) is 6.22. The summed E-state index contributed by atoms with van der Waals surface area (Å²) < 4.78 is 5.34. The summed E-state index contributed by atoms with van der Waals surface area (Å²) in [7, 11) is 0. The summed E-state index contributed by atoms with van der Waals surface area (Å²) in [5.74, 6) is -0.824. The van der Waals surface area contributed by atoms with Gasteiger partial charge in [0.15, 0.2) is 0 Å². The predicted molar refractivity (Wildman–Crippen MR) is 72.0 cm³/mol. The molecular weight excluding hydrogens is 246 g/mol. The van der Waals surface area contributed by atoms with E-state index in [1.54, 1.807) is 32.9 Å². The Kier molecular flexibility index (Phi) is 4.64. The maximum atomic E-state index is 12.1. The van der Waals surface area contributed by atoms with Crippen molar-refractivity contribution in [1.29, 1.82) is 0 Å². The van der Waals surface area contributed by atoms with Gasteiger partial charge in [-0.25, -0.2) is 0 Å². The van der Waals surface area contributed by atoms with Gasteiger partial charge in [0.25, 0.3) is 5.69 Å². The van der Waals surface area contributed by atoms with E-state index in [0.29, 0.717) is 12.0 Å². The smallest absolute Gasteiger partial charge is 0.313 e. The van der Waals surface area contributed by atoms with Gasteiger partial charge in [-0.1, -0.05) is 19.1 Å². The maximum Gasteiger partial charge on any atom is 0.313 e. The number of nitro groups is 1. The van der Waals surface area contributed by atoms with Gasteiger partial charge in [0, 0.05) is 12.1 Å². The van der Waals surface area contributed by atoms with Crippen LogP contribution in [0.25, 0.3) is 0 Å². The van der Waals surface area contributed by atoms with Gasteiger partial charge in [0.2, 0.25) is 0 Å². The first-order valence-electron chi connectivity index (χ1n) is 6.22. The van der Waals surface area contributed by atoms with Crippen molar-refractivity contribution in [3.05, 3.63) is 39.9 Å². The standard InChI is InChI=1S/C14H19NO4/c1-5-12(13(16)19-14(2,3)4)10-7-6-8-11(9-10)15(17)18/h6-9,12H,5H2,1-4H3. The molecular formula is C14H19NO4. The molecule has 1 aromatic rings. The van der Waals surface area contributed by atoms with E-state index in [1.165, 1.54) is 12.1 Å². The fourth-order valence-corrected chi connectivity index (χ4v) is 1.77. The van der Waals surface area contributed by atoms with Crippen LogP contribution in [-0.4, -0.2) is 16.5 Å². The second kappa shape index (κ2) is 5.82. The molecule has 1 unspecified atom stereocenters. The van der Waals surface area contributed by atoms with E-state index in [0.717, 1.165) is 0 Å². The normalized spacial score (nSPS) is 12.8. The second-order valence-electron chi connectivity index (χ2n) is 5.35. The van der Waals surface area contributed by atoms with Crippen LogP contribution in [0.2, 0.25) is 0 Å². The van der Waals surface area contributed by atoms with E-state index in [2.05, 4.69) is 0 Å². The Hall–Kier alpha value is -1.91. The van der Waals surface area contributed by atoms with Crippen molar-refractivity contribution < 1.29 is 14.5 Å². The summed E-state index contributed by atoms with van der Waals surface area (Å²) >= 11 is 0. The van der Waals surface area contributed by atoms with Crippen molar-refractivity contribution in [2.24, 2.45) is 0 Å². The second-order valence-corrected chi connectivity index (χ2v) is 5.35. The van der Waals surface area contributed by atoms with E-state index in [1.807, 2.05) is 6.92 Å². The zero-order chi connectivity index (χ0) is 14.6. The predicted octanol–water partition coefficient (Wildman–Crippen LogP) is 3.43. The molecule has 5 nitrogen and oxygen atoms in total. The van der Waals surface area contributed by atoms with Crippen molar-refractivity contribution >= 4 is 11.7 Å². The molecule has 0 spiro atoms. The van der Waals surface area contributed by atoms with E-state index < -0.39 is 16.4 Å². The number of hydrogen-bond acceptors (Lipinski definition) is 4. The van der Waals surface area contributed by atoms with Crippen LogP contribution < -0.4 is 0 Å². The van der Waals surface area contributed by atoms with E-state index in [4.69, 9.17) is 4.74 Å². The van der Waals surface area contributed by atoms with Gasteiger partial charge in [0.1, 0.15) is 5.60 Å². The molecule has 0 saturated carbocycles. The molecule has 0 aliphatic carbocycles. The zero-order valence-corrected chi connectivity index (χ0v) is 11.7. The topological polar surface area (TPSA) is 69.4 Å². The SMILES string of the molecule is CCC(C(=O)OC(C)(C)C)c1cccc([N+](=O)[O-])c1. The van der Waals surface area contributed by atoms with Gasteiger partial charge in [-0.05, 0) is 32.8 Å². The number of nitro benzene ring substituents is 1. The lowest BCUT2D eigenvalue weighted by Gasteiger charge is -2.23. The minimum absolute atomic E-state index is 0.0143. The quantitative estimate of drug-likeness (QED) is 0.475. The number of nitrogens with zero attached hydrogens (tertiary/aromatic N) is 1. The third kappa shape index (κ3) is 4.35. The molecule has 1 atom stereocenters. The molecule has 104 valence electrons. The lowest BCUT2D eigenvalue weighted by molar-refractivity contribution is -0.384. The Morgan fingerprint density at radius 2 is 2.05 bits per heavy atom. The summed E-state index contributed by atoms with van der Waals surface area (Å²) in [4.78, 5) is 22.4. The molecule has 0 heterocycles. The van der Waals surface area contributed by atoms with Gasteiger partial charge < -0.3 is 4.74 Å². The monoisotopic (exact) mass is 265 g/mol. The molecule has 0 amide bonds. The molecule has 0 bridgehead atoms. The summed E-state index contributed by atoms with van der Waals surface area (Å²) in [5, 5.41) is 10.8. The van der Waals surface area contributed by atoms with Crippen LogP contribution in [0.4, 0.5) is 5.69 Å². The van der Waals surface area contributed by atoms with E-state index >= 15 is 0 Å². The summed E-state index contributed by atoms with van der Waals surface area (Å²) in [5.41, 5.74) is 0.0380. The van der Waals surface area contributed by atoms with Crippen LogP contribution in [0.3, 0.4) is 0 Å². The Morgan fingerprint density at radius 3 is 2.53 bits per heavy atom. The molecule has 0 fully saturated rings. The number of hydrogen-bond donors (Lipinski definition) is 0. The van der Waals surface area contributed by atoms with Crippen molar-refractivity contribution in [2.75, 3.05) is 0 Å². The van der Waals surface area contributed by atoms with Crippen molar-refractivity contribution in [2.45, 2.75) is 45.6 Å². The highest BCUT2D eigenvalue weighted by Crippen LogP contribution is 2.26. The molecule has 1 aromatic carbocycles. The molecule has 0 aromatic heterocycles. The van der Waals surface area contributed by atoms with Crippen LogP contribution in [0.1, 0.15) is 45.6 Å². The van der Waals surface area contributed by atoms with Crippen molar-refractivity contribution in [3.63, 3.8) is 0 Å². The van der Waals surface area contributed by atoms with E-state index in [9.17, 15) is 14.9 Å². The fraction of sp³-hybridized carbons (Fsp3) is 0.500. The third-order valence-corrected chi connectivity index (χ3v) is 2.58. The Morgan fingerprint density at radius 1 is 1.42 bits per heavy atom. The van der Waals surface area contributed by atoms with Crippen molar-refractivity contribution in [3.8, 4) is 0 Å². The van der Waals surface area contributed by atoms with Crippen LogP contribution in [0, 0.1) is 10.1 Å². The number of benzene rings is 1.